The van der Waals surface area contributed by atoms with Gasteiger partial charge in [-0.1, -0.05) is 0 Å². The molecule has 1 amide bonds. The largest absolute Gasteiger partial charge is 0.349 e. The predicted octanol–water partition coefficient (Wildman–Crippen LogP) is 2.39. The van der Waals surface area contributed by atoms with Crippen LogP contribution in [-0.2, 0) is 0 Å². The fourth-order valence-electron chi connectivity index (χ4n) is 2.89. The van der Waals surface area contributed by atoms with E-state index in [4.69, 9.17) is 0 Å². The zero-order valence-corrected chi connectivity index (χ0v) is 11.6. The van der Waals surface area contributed by atoms with E-state index in [-0.39, 0.29) is 11.4 Å². The lowest BCUT2D eigenvalue weighted by Crippen LogP contribution is -2.42. The monoisotopic (exact) mass is 271 g/mol. The van der Waals surface area contributed by atoms with Gasteiger partial charge in [0.2, 0.25) is 0 Å². The minimum absolute atomic E-state index is 0.0256. The third-order valence-electron chi connectivity index (χ3n) is 4.06. The molecular weight excluding hydrogens is 254 g/mol. The van der Waals surface area contributed by atoms with Crippen molar-refractivity contribution in [1.29, 1.82) is 0 Å². The summed E-state index contributed by atoms with van der Waals surface area (Å²) in [5, 5.41) is 0. The summed E-state index contributed by atoms with van der Waals surface area (Å²) in [6.07, 6.45) is 4.39. The van der Waals surface area contributed by atoms with Gasteiger partial charge in [0.15, 0.2) is 6.29 Å². The van der Waals surface area contributed by atoms with Crippen molar-refractivity contribution in [3.05, 3.63) is 29.6 Å². The highest BCUT2D eigenvalue weighted by atomic mass is 16.2. The van der Waals surface area contributed by atoms with Gasteiger partial charge in [0.05, 0.1) is 11.0 Å². The first-order valence-electron chi connectivity index (χ1n) is 6.78. The van der Waals surface area contributed by atoms with Crippen LogP contribution in [0.25, 0.3) is 11.0 Å². The van der Waals surface area contributed by atoms with Crippen molar-refractivity contribution < 1.29 is 9.59 Å². The second kappa shape index (κ2) is 4.44. The van der Waals surface area contributed by atoms with Gasteiger partial charge in [-0.25, -0.2) is 0 Å². The highest BCUT2D eigenvalue weighted by Gasteiger charge is 2.36. The quantitative estimate of drug-likeness (QED) is 0.853. The Morgan fingerprint density at radius 3 is 2.95 bits per heavy atom. The lowest BCUT2D eigenvalue weighted by atomic mass is 10.0. The van der Waals surface area contributed by atoms with E-state index in [1.165, 1.54) is 0 Å². The van der Waals surface area contributed by atoms with Crippen molar-refractivity contribution in [3.63, 3.8) is 0 Å². The van der Waals surface area contributed by atoms with E-state index in [0.29, 0.717) is 22.3 Å². The molecule has 1 N–H and O–H groups in total. The number of nitrogens with zero attached hydrogens (tertiary/aromatic N) is 2. The Kier molecular flexibility index (Phi) is 2.85. The number of likely N-dealkylation sites (tertiary alicyclic amines) is 1. The minimum Gasteiger partial charge on any atom is -0.349 e. The number of hydrogen-bond donors (Lipinski definition) is 1. The van der Waals surface area contributed by atoms with Gasteiger partial charge in [-0.05, 0) is 38.8 Å². The molecule has 104 valence electrons. The zero-order valence-electron chi connectivity index (χ0n) is 11.6. The van der Waals surface area contributed by atoms with Gasteiger partial charge in [0.1, 0.15) is 5.69 Å². The van der Waals surface area contributed by atoms with Gasteiger partial charge in [-0.15, -0.1) is 0 Å². The summed E-state index contributed by atoms with van der Waals surface area (Å²) in [4.78, 5) is 32.8. The van der Waals surface area contributed by atoms with Crippen LogP contribution in [0.15, 0.2) is 18.3 Å². The summed E-state index contributed by atoms with van der Waals surface area (Å²) >= 11 is 0. The Bertz CT molecular complexity index is 687. The number of carbonyl (C=O) groups excluding carboxylic acids is 2. The summed E-state index contributed by atoms with van der Waals surface area (Å²) < 4.78 is 0. The highest BCUT2D eigenvalue weighted by Crippen LogP contribution is 2.30. The molecule has 0 aromatic carbocycles. The number of hydrogen-bond acceptors (Lipinski definition) is 3. The summed E-state index contributed by atoms with van der Waals surface area (Å²) in [6, 6.07) is 3.36. The van der Waals surface area contributed by atoms with Gasteiger partial charge in [0, 0.05) is 23.8 Å². The zero-order chi connectivity index (χ0) is 14.3. The topological polar surface area (TPSA) is 66.1 Å². The van der Waals surface area contributed by atoms with E-state index in [2.05, 4.69) is 23.8 Å². The number of nitrogens with one attached hydrogen (secondary N) is 1. The van der Waals surface area contributed by atoms with Crippen molar-refractivity contribution in [2.45, 2.75) is 32.2 Å². The molecule has 1 saturated heterocycles. The maximum Gasteiger partial charge on any atom is 0.270 e. The molecule has 0 unspecified atom stereocenters. The minimum atomic E-state index is -0.116. The van der Waals surface area contributed by atoms with Crippen molar-refractivity contribution in [2.24, 2.45) is 0 Å². The van der Waals surface area contributed by atoms with E-state index in [1.807, 2.05) is 4.90 Å². The van der Waals surface area contributed by atoms with E-state index in [0.717, 1.165) is 25.7 Å². The Balaban J connectivity index is 2.02. The van der Waals surface area contributed by atoms with Crippen LogP contribution >= 0.6 is 0 Å². The van der Waals surface area contributed by atoms with Crippen LogP contribution < -0.4 is 0 Å². The molecule has 1 aliphatic heterocycles. The maximum absolute atomic E-state index is 12.6. The van der Waals surface area contributed by atoms with Crippen LogP contribution in [0.4, 0.5) is 0 Å². The fraction of sp³-hybridized carbons (Fsp3) is 0.400. The number of fused-ring (bicyclic) bond motifs is 1. The molecule has 3 heterocycles. The molecular formula is C15H17N3O2. The number of amides is 1. The summed E-state index contributed by atoms with van der Waals surface area (Å²) in [5.41, 5.74) is 2.18. The molecule has 0 aliphatic carbocycles. The van der Waals surface area contributed by atoms with Gasteiger partial charge in [-0.3, -0.25) is 14.6 Å². The Morgan fingerprint density at radius 1 is 1.50 bits per heavy atom. The molecule has 3 rings (SSSR count). The first-order valence-corrected chi connectivity index (χ1v) is 6.78. The van der Waals surface area contributed by atoms with E-state index < -0.39 is 0 Å². The number of carbonyl (C=O) groups is 2. The SMILES string of the molecule is CC1(C)CCCN1C(=O)c1cc2nccc(C=O)c2[nH]1. The van der Waals surface area contributed by atoms with Crippen LogP contribution in [0.3, 0.4) is 0 Å². The molecule has 0 saturated carbocycles. The van der Waals surface area contributed by atoms with Gasteiger partial charge in [-0.2, -0.15) is 0 Å². The second-order valence-electron chi connectivity index (χ2n) is 5.83. The van der Waals surface area contributed by atoms with E-state index >= 15 is 0 Å². The molecule has 5 heteroatoms. The second-order valence-corrected chi connectivity index (χ2v) is 5.83. The molecule has 5 nitrogen and oxygen atoms in total. The third kappa shape index (κ3) is 1.90. The number of pyridine rings is 1. The number of aldehydes is 1. The highest BCUT2D eigenvalue weighted by molar-refractivity contribution is 6.01. The number of H-pyrrole nitrogens is 1. The smallest absolute Gasteiger partial charge is 0.270 e. The van der Waals surface area contributed by atoms with E-state index in [1.54, 1.807) is 18.3 Å². The fourth-order valence-corrected chi connectivity index (χ4v) is 2.89. The first-order chi connectivity index (χ1) is 9.53. The van der Waals surface area contributed by atoms with Crippen molar-refractivity contribution >= 4 is 23.2 Å². The van der Waals surface area contributed by atoms with Crippen molar-refractivity contribution in [2.75, 3.05) is 6.54 Å². The first kappa shape index (κ1) is 12.8. The summed E-state index contributed by atoms with van der Waals surface area (Å²) in [5.74, 6) is -0.0256. The average Bonchev–Trinajstić information content (AvgIpc) is 3.00. The third-order valence-corrected chi connectivity index (χ3v) is 4.06. The van der Waals surface area contributed by atoms with Crippen LogP contribution in [0.5, 0.6) is 0 Å². The lowest BCUT2D eigenvalue weighted by Gasteiger charge is -2.31. The molecule has 20 heavy (non-hydrogen) atoms. The van der Waals surface area contributed by atoms with Crippen LogP contribution in [0, 0.1) is 0 Å². The van der Waals surface area contributed by atoms with Gasteiger partial charge >= 0.3 is 0 Å². The van der Waals surface area contributed by atoms with Crippen LogP contribution in [0.2, 0.25) is 0 Å². The number of rotatable bonds is 2. The molecule has 0 radical (unpaired) electrons. The standard InChI is InChI=1S/C15H17N3O2/c1-15(2)5-3-7-18(15)14(20)12-8-11-13(17-12)10(9-19)4-6-16-11/h4,6,8-9,17H,3,5,7H2,1-2H3. The Morgan fingerprint density at radius 2 is 2.30 bits per heavy atom. The van der Waals surface area contributed by atoms with Gasteiger partial charge in [0.25, 0.3) is 5.91 Å². The number of aromatic nitrogens is 2. The predicted molar refractivity (Wildman–Crippen MR) is 75.8 cm³/mol. The maximum atomic E-state index is 12.6. The average molecular weight is 271 g/mol. The summed E-state index contributed by atoms with van der Waals surface area (Å²) in [6.45, 7) is 4.93. The van der Waals surface area contributed by atoms with Crippen molar-refractivity contribution in [3.8, 4) is 0 Å². The van der Waals surface area contributed by atoms with Crippen LogP contribution in [0.1, 0.15) is 47.5 Å². The summed E-state index contributed by atoms with van der Waals surface area (Å²) in [7, 11) is 0. The molecule has 2 aromatic heterocycles. The van der Waals surface area contributed by atoms with Crippen molar-refractivity contribution in [1.82, 2.24) is 14.9 Å². The number of aromatic amines is 1. The normalized spacial score (nSPS) is 17.6. The molecule has 2 aromatic rings. The molecule has 1 fully saturated rings. The van der Waals surface area contributed by atoms with E-state index in [9.17, 15) is 9.59 Å². The Hall–Kier alpha value is -2.17. The molecule has 0 atom stereocenters. The lowest BCUT2D eigenvalue weighted by molar-refractivity contribution is 0.0646. The molecule has 0 spiro atoms. The molecule has 1 aliphatic rings. The Labute approximate surface area is 117 Å². The van der Waals surface area contributed by atoms with Gasteiger partial charge < -0.3 is 9.88 Å². The van der Waals surface area contributed by atoms with Crippen LogP contribution in [-0.4, -0.2) is 39.1 Å². The molecule has 0 bridgehead atoms.